The summed E-state index contributed by atoms with van der Waals surface area (Å²) in [6, 6.07) is 11.5. The Morgan fingerprint density at radius 3 is 2.65 bits per heavy atom. The lowest BCUT2D eigenvalue weighted by Gasteiger charge is -2.10. The number of nitrogens with one attached hydrogen (secondary N) is 1. The van der Waals surface area contributed by atoms with E-state index in [0.29, 0.717) is 33.4 Å². The molecule has 7 nitrogen and oxygen atoms in total. The van der Waals surface area contributed by atoms with Crippen molar-refractivity contribution >= 4 is 32.6 Å². The highest BCUT2D eigenvalue weighted by Gasteiger charge is 2.19. The Kier molecular flexibility index (Phi) is 6.47. The van der Waals surface area contributed by atoms with Crippen LogP contribution in [0.5, 0.6) is 0 Å². The highest BCUT2D eigenvalue weighted by molar-refractivity contribution is 7.92. The first kappa shape index (κ1) is 22.5. The van der Waals surface area contributed by atoms with Crippen LogP contribution in [0.4, 0.5) is 10.1 Å². The molecule has 0 unspecified atom stereocenters. The Morgan fingerprint density at radius 2 is 2.00 bits per heavy atom. The quantitative estimate of drug-likeness (QED) is 0.487. The van der Waals surface area contributed by atoms with Crippen molar-refractivity contribution in [1.29, 1.82) is 0 Å². The van der Waals surface area contributed by atoms with E-state index in [9.17, 15) is 22.7 Å². The summed E-state index contributed by atoms with van der Waals surface area (Å²) in [5.41, 5.74) is 8.68. The van der Waals surface area contributed by atoms with Gasteiger partial charge in [0.2, 0.25) is 10.0 Å². The zero-order valence-corrected chi connectivity index (χ0v) is 18.0. The van der Waals surface area contributed by atoms with E-state index in [0.717, 1.165) is 0 Å². The van der Waals surface area contributed by atoms with Gasteiger partial charge >= 0.3 is 5.97 Å². The molecule has 0 aliphatic carbocycles. The van der Waals surface area contributed by atoms with Crippen LogP contribution in [-0.2, 0) is 16.6 Å². The van der Waals surface area contributed by atoms with Crippen molar-refractivity contribution in [3.05, 3.63) is 65.6 Å². The molecule has 3 rings (SSSR count). The lowest BCUT2D eigenvalue weighted by atomic mass is 10.0. The summed E-state index contributed by atoms with van der Waals surface area (Å²) in [6.45, 7) is 3.38. The van der Waals surface area contributed by atoms with E-state index in [1.165, 1.54) is 12.1 Å². The van der Waals surface area contributed by atoms with Gasteiger partial charge in [-0.1, -0.05) is 12.1 Å². The number of halogens is 1. The number of carbonyl (C=O) groups is 1. The number of aromatic carboxylic acids is 1. The average molecular weight is 446 g/mol. The predicted molar refractivity (Wildman–Crippen MR) is 120 cm³/mol. The Bertz CT molecular complexity index is 1280. The smallest absolute Gasteiger partial charge is 0.335 e. The molecule has 1 heterocycles. The number of carboxylic acids is 1. The number of sulfonamides is 1. The average Bonchev–Trinajstić information content (AvgIpc) is 2.99. The van der Waals surface area contributed by atoms with Gasteiger partial charge in [0.1, 0.15) is 5.83 Å². The molecule has 164 valence electrons. The minimum absolute atomic E-state index is 0.0475. The van der Waals surface area contributed by atoms with Crippen molar-refractivity contribution in [3.8, 4) is 11.1 Å². The molecule has 9 heteroatoms. The zero-order valence-electron chi connectivity index (χ0n) is 17.2. The first-order chi connectivity index (χ1) is 14.7. The second kappa shape index (κ2) is 8.91. The van der Waals surface area contributed by atoms with Gasteiger partial charge in [0, 0.05) is 34.4 Å². The minimum atomic E-state index is -3.46. The molecule has 0 radical (unpaired) electrons. The molecule has 0 bridgehead atoms. The van der Waals surface area contributed by atoms with E-state index in [4.69, 9.17) is 5.73 Å². The van der Waals surface area contributed by atoms with Crippen LogP contribution >= 0.6 is 0 Å². The number of rotatable bonds is 8. The van der Waals surface area contributed by atoms with Gasteiger partial charge in [-0.3, -0.25) is 4.72 Å². The van der Waals surface area contributed by atoms with Crippen LogP contribution in [0, 0.1) is 6.92 Å². The number of hydrogen-bond donors (Lipinski definition) is 3. The zero-order chi connectivity index (χ0) is 22.8. The fourth-order valence-corrected chi connectivity index (χ4v) is 4.15. The molecule has 0 aliphatic rings. The van der Waals surface area contributed by atoms with Crippen molar-refractivity contribution in [1.82, 2.24) is 4.57 Å². The Balaban J connectivity index is 2.24. The second-order valence-electron chi connectivity index (χ2n) is 7.06. The molecule has 0 aliphatic heterocycles. The molecule has 0 fully saturated rings. The van der Waals surface area contributed by atoms with Crippen LogP contribution in [0.15, 0.2) is 54.4 Å². The highest BCUT2D eigenvalue weighted by atomic mass is 32.2. The first-order valence-electron chi connectivity index (χ1n) is 9.68. The van der Waals surface area contributed by atoms with Gasteiger partial charge < -0.3 is 15.4 Å². The van der Waals surface area contributed by atoms with Crippen molar-refractivity contribution in [2.45, 2.75) is 20.4 Å². The third-order valence-electron chi connectivity index (χ3n) is 5.02. The summed E-state index contributed by atoms with van der Waals surface area (Å²) in [7, 11) is -3.46. The standard InChI is InChI=1S/C22H24FN3O4S/c1-3-31(29,30)25-18-6-4-5-15(11-18)21-14(2)26(13-17(23)9-10-24)20-8-7-16(22(27)28)12-19(20)21/h4-9,11-12,25H,3,10,13,24H2,1-2H3,(H,27,28)/b17-9-. The highest BCUT2D eigenvalue weighted by Crippen LogP contribution is 2.37. The number of fused-ring (bicyclic) bond motifs is 1. The summed E-state index contributed by atoms with van der Waals surface area (Å²) >= 11 is 0. The van der Waals surface area contributed by atoms with Crippen LogP contribution in [0.1, 0.15) is 23.0 Å². The maximum Gasteiger partial charge on any atom is 0.335 e. The lowest BCUT2D eigenvalue weighted by molar-refractivity contribution is 0.0697. The van der Waals surface area contributed by atoms with E-state index >= 15 is 0 Å². The van der Waals surface area contributed by atoms with Crippen molar-refractivity contribution in [2.24, 2.45) is 5.73 Å². The number of carboxylic acid groups (broad SMARTS) is 1. The number of aromatic nitrogens is 1. The monoisotopic (exact) mass is 445 g/mol. The molecule has 0 atom stereocenters. The fourth-order valence-electron chi connectivity index (χ4n) is 3.52. The van der Waals surface area contributed by atoms with Crippen molar-refractivity contribution in [2.75, 3.05) is 17.0 Å². The SMILES string of the molecule is CCS(=O)(=O)Nc1cccc(-c2c(C)n(C/C(F)=C/CN)c3ccc(C(=O)O)cc23)c1. The van der Waals surface area contributed by atoms with Gasteiger partial charge in [-0.15, -0.1) is 0 Å². The third-order valence-corrected chi connectivity index (χ3v) is 6.33. The second-order valence-corrected chi connectivity index (χ2v) is 9.07. The Morgan fingerprint density at radius 1 is 1.26 bits per heavy atom. The largest absolute Gasteiger partial charge is 0.478 e. The maximum absolute atomic E-state index is 14.3. The van der Waals surface area contributed by atoms with E-state index in [1.807, 2.05) is 6.92 Å². The van der Waals surface area contributed by atoms with Gasteiger partial charge in [-0.25, -0.2) is 17.6 Å². The molecule has 0 spiro atoms. The molecule has 1 aromatic heterocycles. The summed E-state index contributed by atoms with van der Waals surface area (Å²) in [5.74, 6) is -1.54. The minimum Gasteiger partial charge on any atom is -0.478 e. The summed E-state index contributed by atoms with van der Waals surface area (Å²) in [4.78, 5) is 11.5. The Hall–Kier alpha value is -3.17. The number of benzene rings is 2. The predicted octanol–water partition coefficient (Wildman–Crippen LogP) is 3.89. The van der Waals surface area contributed by atoms with Crippen molar-refractivity contribution < 1.29 is 22.7 Å². The van der Waals surface area contributed by atoms with Crippen LogP contribution in [-0.4, -0.2) is 36.4 Å². The van der Waals surface area contributed by atoms with Crippen LogP contribution in [0.2, 0.25) is 0 Å². The van der Waals surface area contributed by atoms with E-state index in [2.05, 4.69) is 4.72 Å². The van der Waals surface area contributed by atoms with Gasteiger partial charge in [-0.05, 0) is 55.8 Å². The molecular formula is C22H24FN3O4S. The van der Waals surface area contributed by atoms with E-state index < -0.39 is 21.8 Å². The molecular weight excluding hydrogens is 421 g/mol. The molecule has 31 heavy (non-hydrogen) atoms. The first-order valence-corrected chi connectivity index (χ1v) is 11.3. The summed E-state index contributed by atoms with van der Waals surface area (Å²) < 4.78 is 42.5. The maximum atomic E-state index is 14.3. The third kappa shape index (κ3) is 4.78. The van der Waals surface area contributed by atoms with Gasteiger partial charge in [0.15, 0.2) is 0 Å². The number of nitrogens with zero attached hydrogens (tertiary/aromatic N) is 1. The molecule has 2 aromatic carbocycles. The number of nitrogens with two attached hydrogens (primary N) is 1. The fraction of sp³-hybridized carbons (Fsp3) is 0.227. The normalized spacial score (nSPS) is 12.3. The summed E-state index contributed by atoms with van der Waals surface area (Å²) in [6.07, 6.45) is 1.29. The van der Waals surface area contributed by atoms with Crippen LogP contribution in [0.3, 0.4) is 0 Å². The topological polar surface area (TPSA) is 114 Å². The molecule has 0 amide bonds. The van der Waals surface area contributed by atoms with Crippen LogP contribution < -0.4 is 10.5 Å². The molecule has 3 aromatic rings. The number of hydrogen-bond acceptors (Lipinski definition) is 4. The van der Waals surface area contributed by atoms with Gasteiger partial charge in [0.05, 0.1) is 17.9 Å². The lowest BCUT2D eigenvalue weighted by Crippen LogP contribution is -2.14. The van der Waals surface area contributed by atoms with Gasteiger partial charge in [0.25, 0.3) is 0 Å². The van der Waals surface area contributed by atoms with E-state index in [1.54, 1.807) is 47.9 Å². The van der Waals surface area contributed by atoms with Crippen LogP contribution in [0.25, 0.3) is 22.0 Å². The number of anilines is 1. The Labute approximate surface area is 180 Å². The van der Waals surface area contributed by atoms with Gasteiger partial charge in [-0.2, -0.15) is 0 Å². The number of allylic oxidation sites excluding steroid dienone is 1. The molecule has 4 N–H and O–H groups in total. The molecule has 0 saturated carbocycles. The van der Waals surface area contributed by atoms with E-state index in [-0.39, 0.29) is 24.4 Å². The molecule has 0 saturated heterocycles. The van der Waals surface area contributed by atoms with Crippen molar-refractivity contribution in [3.63, 3.8) is 0 Å². The summed E-state index contributed by atoms with van der Waals surface area (Å²) in [5, 5.41) is 10.1.